The van der Waals surface area contributed by atoms with Gasteiger partial charge in [0.25, 0.3) is 0 Å². The minimum absolute atomic E-state index is 0. The summed E-state index contributed by atoms with van der Waals surface area (Å²) in [6.07, 6.45) is 2.68. The second kappa shape index (κ2) is 7.41. The van der Waals surface area contributed by atoms with E-state index in [1.807, 2.05) is 12.1 Å². The molecule has 1 aliphatic rings. The normalized spacial score (nSPS) is 16.9. The highest BCUT2D eigenvalue weighted by Crippen LogP contribution is 2.21. The average molecular weight is 319 g/mol. The lowest BCUT2D eigenvalue weighted by atomic mass is 10.1. The number of halogens is 1. The molecule has 2 rings (SSSR count). The number of hydrogen-bond acceptors (Lipinski definition) is 3. The largest absolute Gasteiger partial charge is 0.317 e. The Morgan fingerprint density at radius 1 is 1.20 bits per heavy atom. The minimum atomic E-state index is -3.36. The van der Waals surface area contributed by atoms with Crippen molar-refractivity contribution in [2.75, 3.05) is 20.1 Å². The summed E-state index contributed by atoms with van der Waals surface area (Å²) >= 11 is 0. The van der Waals surface area contributed by atoms with Gasteiger partial charge in [0.2, 0.25) is 10.0 Å². The highest BCUT2D eigenvalue weighted by Gasteiger charge is 2.28. The summed E-state index contributed by atoms with van der Waals surface area (Å²) in [4.78, 5) is 0.394. The standard InChI is InChI=1S/C14H22N2O2S.ClH/c1-3-12-4-6-14(7-5-12)19(17,18)16(2)13-8-10-15-11-9-13;/h4-7,13,15H,3,8-11H2,1-2H3;1H. The summed E-state index contributed by atoms with van der Waals surface area (Å²) in [6, 6.07) is 7.32. The molecule has 4 nitrogen and oxygen atoms in total. The first-order valence-electron chi connectivity index (χ1n) is 6.83. The molecule has 0 aliphatic carbocycles. The Morgan fingerprint density at radius 2 is 1.75 bits per heavy atom. The van der Waals surface area contributed by atoms with Crippen LogP contribution in [0.2, 0.25) is 0 Å². The molecule has 0 amide bonds. The molecule has 114 valence electrons. The number of nitrogens with one attached hydrogen (secondary N) is 1. The fourth-order valence-corrected chi connectivity index (χ4v) is 3.85. The SMILES string of the molecule is CCc1ccc(S(=O)(=O)N(C)C2CCNCC2)cc1.Cl. The molecule has 1 heterocycles. The molecule has 1 aliphatic heterocycles. The summed E-state index contributed by atoms with van der Waals surface area (Å²) in [5, 5.41) is 3.25. The molecule has 0 bridgehead atoms. The topological polar surface area (TPSA) is 49.4 Å². The molecule has 0 atom stereocenters. The van der Waals surface area contributed by atoms with E-state index < -0.39 is 10.0 Å². The highest BCUT2D eigenvalue weighted by molar-refractivity contribution is 7.89. The van der Waals surface area contributed by atoms with Crippen LogP contribution < -0.4 is 5.32 Å². The maximum atomic E-state index is 12.5. The van der Waals surface area contributed by atoms with Crippen LogP contribution in [-0.4, -0.2) is 38.9 Å². The smallest absolute Gasteiger partial charge is 0.243 e. The zero-order valence-corrected chi connectivity index (χ0v) is 13.6. The highest BCUT2D eigenvalue weighted by atomic mass is 35.5. The summed E-state index contributed by atoms with van der Waals surface area (Å²) in [5.74, 6) is 0. The summed E-state index contributed by atoms with van der Waals surface area (Å²) < 4.78 is 26.6. The van der Waals surface area contributed by atoms with Gasteiger partial charge in [-0.1, -0.05) is 19.1 Å². The van der Waals surface area contributed by atoms with Crippen molar-refractivity contribution in [1.29, 1.82) is 0 Å². The monoisotopic (exact) mass is 318 g/mol. The lowest BCUT2D eigenvalue weighted by Gasteiger charge is -2.30. The van der Waals surface area contributed by atoms with Gasteiger partial charge in [-0.15, -0.1) is 12.4 Å². The molecule has 0 aromatic heterocycles. The van der Waals surface area contributed by atoms with E-state index in [1.54, 1.807) is 19.2 Å². The predicted octanol–water partition coefficient (Wildman–Crippen LogP) is 2.04. The van der Waals surface area contributed by atoms with Gasteiger partial charge in [0.15, 0.2) is 0 Å². The lowest BCUT2D eigenvalue weighted by Crippen LogP contribution is -2.43. The van der Waals surface area contributed by atoms with Crippen molar-refractivity contribution < 1.29 is 8.42 Å². The quantitative estimate of drug-likeness (QED) is 0.924. The van der Waals surface area contributed by atoms with E-state index in [2.05, 4.69) is 12.2 Å². The van der Waals surface area contributed by atoms with Gasteiger partial charge in [0.1, 0.15) is 0 Å². The molecule has 6 heteroatoms. The van der Waals surface area contributed by atoms with E-state index >= 15 is 0 Å². The van der Waals surface area contributed by atoms with Gasteiger partial charge in [0, 0.05) is 13.1 Å². The van der Waals surface area contributed by atoms with Gasteiger partial charge >= 0.3 is 0 Å². The van der Waals surface area contributed by atoms with Crippen LogP contribution >= 0.6 is 12.4 Å². The van der Waals surface area contributed by atoms with Crippen LogP contribution in [0.5, 0.6) is 0 Å². The van der Waals surface area contributed by atoms with Crippen molar-refractivity contribution in [3.63, 3.8) is 0 Å². The Labute approximate surface area is 128 Å². The van der Waals surface area contributed by atoms with Gasteiger partial charge in [0.05, 0.1) is 4.90 Å². The van der Waals surface area contributed by atoms with Crippen LogP contribution in [0.15, 0.2) is 29.2 Å². The number of benzene rings is 1. The molecule has 0 spiro atoms. The van der Waals surface area contributed by atoms with E-state index in [0.717, 1.165) is 37.9 Å². The van der Waals surface area contributed by atoms with Gasteiger partial charge in [-0.25, -0.2) is 8.42 Å². The van der Waals surface area contributed by atoms with E-state index in [9.17, 15) is 8.42 Å². The third kappa shape index (κ3) is 3.73. The second-order valence-electron chi connectivity index (χ2n) is 5.00. The molecule has 1 aromatic rings. The van der Waals surface area contributed by atoms with Crippen molar-refractivity contribution in [3.8, 4) is 0 Å². The third-order valence-electron chi connectivity index (χ3n) is 3.83. The molecule has 0 saturated carbocycles. The molecule has 20 heavy (non-hydrogen) atoms. The van der Waals surface area contributed by atoms with E-state index in [1.165, 1.54) is 4.31 Å². The first-order chi connectivity index (χ1) is 9.05. The first kappa shape index (κ1) is 17.4. The van der Waals surface area contributed by atoms with Crippen LogP contribution in [0, 0.1) is 0 Å². The number of aryl methyl sites for hydroxylation is 1. The number of piperidine rings is 1. The second-order valence-corrected chi connectivity index (χ2v) is 7.00. The fraction of sp³-hybridized carbons (Fsp3) is 0.571. The van der Waals surface area contributed by atoms with Gasteiger partial charge in [-0.2, -0.15) is 4.31 Å². The van der Waals surface area contributed by atoms with Crippen LogP contribution in [-0.2, 0) is 16.4 Å². The van der Waals surface area contributed by atoms with Crippen LogP contribution in [0.4, 0.5) is 0 Å². The Morgan fingerprint density at radius 3 is 2.25 bits per heavy atom. The molecule has 1 aromatic carbocycles. The van der Waals surface area contributed by atoms with Crippen LogP contribution in [0.1, 0.15) is 25.3 Å². The molecular weight excluding hydrogens is 296 g/mol. The number of sulfonamides is 1. The Bertz CT molecular complexity index is 510. The molecule has 1 fully saturated rings. The van der Waals surface area contributed by atoms with Gasteiger partial charge < -0.3 is 5.32 Å². The summed E-state index contributed by atoms with van der Waals surface area (Å²) in [7, 11) is -1.66. The summed E-state index contributed by atoms with van der Waals surface area (Å²) in [6.45, 7) is 3.84. The molecule has 1 saturated heterocycles. The first-order valence-corrected chi connectivity index (χ1v) is 8.27. The molecule has 0 radical (unpaired) electrons. The lowest BCUT2D eigenvalue weighted by molar-refractivity contribution is 0.296. The molecular formula is C14H23ClN2O2S. The predicted molar refractivity (Wildman–Crippen MR) is 83.9 cm³/mol. The van der Waals surface area contributed by atoms with Crippen molar-refractivity contribution in [2.24, 2.45) is 0 Å². The fourth-order valence-electron chi connectivity index (χ4n) is 2.43. The van der Waals surface area contributed by atoms with Crippen LogP contribution in [0.3, 0.4) is 0 Å². The number of nitrogens with zero attached hydrogens (tertiary/aromatic N) is 1. The Balaban J connectivity index is 0.00000200. The minimum Gasteiger partial charge on any atom is -0.317 e. The zero-order valence-electron chi connectivity index (χ0n) is 12.0. The van der Waals surface area contributed by atoms with E-state index in [0.29, 0.717) is 4.90 Å². The van der Waals surface area contributed by atoms with Gasteiger partial charge in [-0.3, -0.25) is 0 Å². The van der Waals surface area contributed by atoms with Crippen molar-refractivity contribution in [2.45, 2.75) is 37.1 Å². The number of hydrogen-bond donors (Lipinski definition) is 1. The Hall–Kier alpha value is -0.620. The Kier molecular flexibility index (Phi) is 6.45. The summed E-state index contributed by atoms with van der Waals surface area (Å²) in [5.41, 5.74) is 1.16. The third-order valence-corrected chi connectivity index (χ3v) is 5.76. The molecule has 0 unspecified atom stereocenters. The zero-order chi connectivity index (χ0) is 13.9. The van der Waals surface area contributed by atoms with E-state index in [-0.39, 0.29) is 18.4 Å². The molecule has 1 N–H and O–H groups in total. The maximum Gasteiger partial charge on any atom is 0.243 e. The van der Waals surface area contributed by atoms with Gasteiger partial charge in [-0.05, 0) is 50.0 Å². The maximum absolute atomic E-state index is 12.5. The van der Waals surface area contributed by atoms with E-state index in [4.69, 9.17) is 0 Å². The van der Waals surface area contributed by atoms with Crippen molar-refractivity contribution in [3.05, 3.63) is 29.8 Å². The average Bonchev–Trinajstić information content (AvgIpc) is 2.47. The van der Waals surface area contributed by atoms with Crippen molar-refractivity contribution in [1.82, 2.24) is 9.62 Å². The number of rotatable bonds is 4. The van der Waals surface area contributed by atoms with Crippen molar-refractivity contribution >= 4 is 22.4 Å². The van der Waals surface area contributed by atoms with Crippen LogP contribution in [0.25, 0.3) is 0 Å².